The first-order chi connectivity index (χ1) is 15.1. The van der Waals surface area contributed by atoms with Crippen LogP contribution in [0.25, 0.3) is 22.4 Å². The van der Waals surface area contributed by atoms with Crippen LogP contribution in [0, 0.1) is 5.92 Å². The monoisotopic (exact) mass is 456 g/mol. The highest BCUT2D eigenvalue weighted by molar-refractivity contribution is 7.90. The summed E-state index contributed by atoms with van der Waals surface area (Å²) in [6.45, 7) is 6.50. The fraction of sp³-hybridized carbons (Fsp3) is 0.333. The predicted molar refractivity (Wildman–Crippen MR) is 123 cm³/mol. The maximum Gasteiger partial charge on any atom is 0.358 e. The van der Waals surface area contributed by atoms with E-state index in [2.05, 4.69) is 18.9 Å². The zero-order valence-electron chi connectivity index (χ0n) is 18.7. The minimum Gasteiger partial charge on any atom is -0.461 e. The number of ether oxygens (including phenoxy) is 1. The summed E-state index contributed by atoms with van der Waals surface area (Å²) in [6.07, 6.45) is 1.13. The van der Waals surface area contributed by atoms with Crippen LogP contribution in [-0.2, 0) is 27.7 Å². The Balaban J connectivity index is 1.99. The van der Waals surface area contributed by atoms with Crippen molar-refractivity contribution in [3.05, 3.63) is 59.8 Å². The molecule has 1 heterocycles. The van der Waals surface area contributed by atoms with E-state index in [1.165, 1.54) is 0 Å². The molecule has 1 aromatic heterocycles. The molecule has 170 valence electrons. The second-order valence-electron chi connectivity index (χ2n) is 8.04. The Labute approximate surface area is 188 Å². The number of hydrogen-bond donors (Lipinski definition) is 1. The van der Waals surface area contributed by atoms with E-state index in [1.807, 2.05) is 28.9 Å². The molecule has 3 aromatic rings. The maximum absolute atomic E-state index is 12.2. The second-order valence-corrected chi connectivity index (χ2v) is 10.0. The fourth-order valence-corrected chi connectivity index (χ4v) is 4.43. The zero-order chi connectivity index (χ0) is 23.5. The third kappa shape index (κ3) is 5.26. The van der Waals surface area contributed by atoms with Gasteiger partial charge in [0.15, 0.2) is 15.5 Å². The van der Waals surface area contributed by atoms with Crippen LogP contribution in [0.4, 0.5) is 0 Å². The standard InChI is InChI=1S/C24H28N2O5S/c1-5-31-24(28)21-13-22(26(25-21)14-16(2)3)18-8-6-17(7-9-18)19-10-11-20(15-27)23(12-19)32(4,29)30/h6-13,16,27H,5,14-15H2,1-4H3. The lowest BCUT2D eigenvalue weighted by atomic mass is 10.0. The number of aromatic nitrogens is 2. The van der Waals surface area contributed by atoms with Crippen LogP contribution in [0.5, 0.6) is 0 Å². The van der Waals surface area contributed by atoms with Gasteiger partial charge in [-0.25, -0.2) is 13.2 Å². The summed E-state index contributed by atoms with van der Waals surface area (Å²) in [7, 11) is -3.47. The Morgan fingerprint density at radius 2 is 1.69 bits per heavy atom. The van der Waals surface area contributed by atoms with Gasteiger partial charge in [-0.3, -0.25) is 4.68 Å². The topological polar surface area (TPSA) is 98.5 Å². The van der Waals surface area contributed by atoms with Gasteiger partial charge in [-0.2, -0.15) is 5.10 Å². The summed E-state index contributed by atoms with van der Waals surface area (Å²) in [6, 6.07) is 14.3. The summed E-state index contributed by atoms with van der Waals surface area (Å²) in [5.41, 5.74) is 3.90. The summed E-state index contributed by atoms with van der Waals surface area (Å²) < 4.78 is 31.1. The average molecular weight is 457 g/mol. The zero-order valence-corrected chi connectivity index (χ0v) is 19.5. The molecule has 7 nitrogen and oxygen atoms in total. The molecule has 0 aliphatic carbocycles. The normalized spacial score (nSPS) is 11.7. The lowest BCUT2D eigenvalue weighted by Gasteiger charge is -2.11. The smallest absolute Gasteiger partial charge is 0.358 e. The molecule has 0 unspecified atom stereocenters. The number of benzene rings is 2. The summed E-state index contributed by atoms with van der Waals surface area (Å²) in [5, 5.41) is 13.9. The van der Waals surface area contributed by atoms with Gasteiger partial charge < -0.3 is 9.84 Å². The predicted octanol–water partition coefficient (Wildman–Crippen LogP) is 3.95. The molecule has 0 spiro atoms. The summed E-state index contributed by atoms with van der Waals surface area (Å²) in [5.74, 6) is -0.118. The highest BCUT2D eigenvalue weighted by atomic mass is 32.2. The van der Waals surface area contributed by atoms with Gasteiger partial charge in [0.05, 0.1) is 23.8 Å². The maximum atomic E-state index is 12.2. The van der Waals surface area contributed by atoms with E-state index in [9.17, 15) is 18.3 Å². The van der Waals surface area contributed by atoms with Crippen molar-refractivity contribution in [1.29, 1.82) is 0 Å². The highest BCUT2D eigenvalue weighted by Gasteiger charge is 2.18. The Kier molecular flexibility index (Phi) is 7.16. The molecule has 0 aliphatic heterocycles. The van der Waals surface area contributed by atoms with E-state index in [0.717, 1.165) is 28.6 Å². The minimum atomic E-state index is -3.47. The number of nitrogens with zero attached hydrogens (tertiary/aromatic N) is 2. The van der Waals surface area contributed by atoms with Gasteiger partial charge in [-0.1, -0.05) is 50.2 Å². The van der Waals surface area contributed by atoms with Crippen molar-refractivity contribution >= 4 is 15.8 Å². The lowest BCUT2D eigenvalue weighted by Crippen LogP contribution is -2.10. The van der Waals surface area contributed by atoms with Crippen molar-refractivity contribution in [3.63, 3.8) is 0 Å². The molecular weight excluding hydrogens is 428 g/mol. The number of aliphatic hydroxyl groups excluding tert-OH is 1. The number of hydrogen-bond acceptors (Lipinski definition) is 6. The Bertz CT molecular complexity index is 1210. The van der Waals surface area contributed by atoms with Crippen LogP contribution in [0.2, 0.25) is 0 Å². The van der Waals surface area contributed by atoms with E-state index in [4.69, 9.17) is 4.74 Å². The minimum absolute atomic E-state index is 0.121. The quantitative estimate of drug-likeness (QED) is 0.516. The second kappa shape index (κ2) is 9.67. The van der Waals surface area contributed by atoms with Crippen molar-refractivity contribution in [2.75, 3.05) is 12.9 Å². The molecule has 3 rings (SSSR count). The van der Waals surface area contributed by atoms with Crippen LogP contribution in [-0.4, -0.2) is 42.1 Å². The molecule has 0 saturated carbocycles. The van der Waals surface area contributed by atoms with Crippen molar-refractivity contribution in [3.8, 4) is 22.4 Å². The number of aliphatic hydroxyl groups is 1. The summed E-state index contributed by atoms with van der Waals surface area (Å²) in [4.78, 5) is 12.3. The molecule has 1 N–H and O–H groups in total. The van der Waals surface area contributed by atoms with Gasteiger partial charge >= 0.3 is 5.97 Å². The van der Waals surface area contributed by atoms with Crippen LogP contribution in [0.3, 0.4) is 0 Å². The SMILES string of the molecule is CCOC(=O)c1cc(-c2ccc(-c3ccc(CO)c(S(C)(=O)=O)c3)cc2)n(CC(C)C)n1. The van der Waals surface area contributed by atoms with E-state index in [1.54, 1.807) is 31.2 Å². The van der Waals surface area contributed by atoms with Crippen molar-refractivity contribution < 1.29 is 23.1 Å². The molecule has 0 amide bonds. The first-order valence-corrected chi connectivity index (χ1v) is 12.3. The molecule has 0 fully saturated rings. The lowest BCUT2D eigenvalue weighted by molar-refractivity contribution is 0.0518. The largest absolute Gasteiger partial charge is 0.461 e. The fourth-order valence-electron chi connectivity index (χ4n) is 3.48. The highest BCUT2D eigenvalue weighted by Crippen LogP contribution is 2.29. The number of rotatable bonds is 8. The van der Waals surface area contributed by atoms with Crippen molar-refractivity contribution in [2.24, 2.45) is 5.92 Å². The first-order valence-electron chi connectivity index (χ1n) is 10.4. The molecule has 0 radical (unpaired) electrons. The number of carbonyl (C=O) groups is 1. The molecule has 0 saturated heterocycles. The summed E-state index contributed by atoms with van der Waals surface area (Å²) >= 11 is 0. The first kappa shape index (κ1) is 23.7. The van der Waals surface area contributed by atoms with Crippen LogP contribution >= 0.6 is 0 Å². The van der Waals surface area contributed by atoms with E-state index in [-0.39, 0.29) is 23.8 Å². The van der Waals surface area contributed by atoms with Gasteiger partial charge in [0.1, 0.15) is 0 Å². The van der Waals surface area contributed by atoms with Gasteiger partial charge in [-0.05, 0) is 47.2 Å². The van der Waals surface area contributed by atoms with Crippen LogP contribution in [0.1, 0.15) is 36.8 Å². The van der Waals surface area contributed by atoms with Gasteiger partial charge in [-0.15, -0.1) is 0 Å². The molecule has 0 bridgehead atoms. The molecule has 0 atom stereocenters. The Morgan fingerprint density at radius 3 is 2.25 bits per heavy atom. The molecule has 0 aliphatic rings. The van der Waals surface area contributed by atoms with Crippen molar-refractivity contribution in [2.45, 2.75) is 38.8 Å². The average Bonchev–Trinajstić information content (AvgIpc) is 3.16. The van der Waals surface area contributed by atoms with Gasteiger partial charge in [0.2, 0.25) is 0 Å². The number of sulfone groups is 1. The van der Waals surface area contributed by atoms with Gasteiger partial charge in [0.25, 0.3) is 0 Å². The molecule has 8 heteroatoms. The number of carbonyl (C=O) groups excluding carboxylic acids is 1. The number of esters is 1. The van der Waals surface area contributed by atoms with Crippen LogP contribution < -0.4 is 0 Å². The third-order valence-electron chi connectivity index (χ3n) is 4.95. The van der Waals surface area contributed by atoms with Crippen LogP contribution in [0.15, 0.2) is 53.4 Å². The Morgan fingerprint density at radius 1 is 1.06 bits per heavy atom. The molecule has 32 heavy (non-hydrogen) atoms. The van der Waals surface area contributed by atoms with Gasteiger partial charge in [0, 0.05) is 12.8 Å². The third-order valence-corrected chi connectivity index (χ3v) is 6.13. The van der Waals surface area contributed by atoms with E-state index < -0.39 is 15.8 Å². The van der Waals surface area contributed by atoms with Crippen molar-refractivity contribution in [1.82, 2.24) is 9.78 Å². The molecule has 2 aromatic carbocycles. The Hall–Kier alpha value is -2.97. The molecular formula is C24H28N2O5S. The van der Waals surface area contributed by atoms with E-state index >= 15 is 0 Å². The van der Waals surface area contributed by atoms with E-state index in [0.29, 0.717) is 18.0 Å².